The van der Waals surface area contributed by atoms with Crippen LogP contribution in [0.15, 0.2) is 27.1 Å². The van der Waals surface area contributed by atoms with Crippen LogP contribution in [0.25, 0.3) is 0 Å². The van der Waals surface area contributed by atoms with Gasteiger partial charge in [0.25, 0.3) is 0 Å². The summed E-state index contributed by atoms with van der Waals surface area (Å²) in [4.78, 5) is 14.1. The van der Waals surface area contributed by atoms with Crippen molar-refractivity contribution in [2.24, 2.45) is 5.73 Å². The van der Waals surface area contributed by atoms with E-state index in [2.05, 4.69) is 31.9 Å². The third-order valence-corrected chi connectivity index (χ3v) is 5.41. The normalized spacial score (nSPS) is 24.1. The van der Waals surface area contributed by atoms with Crippen LogP contribution < -0.4 is 5.73 Å². The van der Waals surface area contributed by atoms with Crippen molar-refractivity contribution in [1.82, 2.24) is 4.90 Å². The number of piperidine rings is 1. The van der Waals surface area contributed by atoms with Gasteiger partial charge in [-0.15, -0.1) is 0 Å². The Balaban J connectivity index is 2.42. The fraction of sp³-hybridized carbons (Fsp3) is 0.500. The lowest BCUT2D eigenvalue weighted by molar-refractivity contribution is -0.139. The standard InChI is InChI=1S/C14H18Br2N2O/c1-8(2)18-13(19)6-5-12(17)14(18)9-3-4-10(15)11(16)7-9/h3-4,7-8,12,14H,5-6,17H2,1-2H3. The molecule has 1 aromatic carbocycles. The Bertz CT molecular complexity index is 490. The molecule has 19 heavy (non-hydrogen) atoms. The lowest BCUT2D eigenvalue weighted by Crippen LogP contribution is -2.51. The molecular weight excluding hydrogens is 372 g/mol. The first-order chi connectivity index (χ1) is 8.91. The summed E-state index contributed by atoms with van der Waals surface area (Å²) in [6.45, 7) is 4.08. The molecular formula is C14H18Br2N2O. The van der Waals surface area contributed by atoms with Crippen LogP contribution in [0.3, 0.4) is 0 Å². The van der Waals surface area contributed by atoms with Crippen molar-refractivity contribution in [3.8, 4) is 0 Å². The van der Waals surface area contributed by atoms with Gasteiger partial charge in [-0.05, 0) is 69.8 Å². The highest BCUT2D eigenvalue weighted by molar-refractivity contribution is 9.13. The van der Waals surface area contributed by atoms with Crippen molar-refractivity contribution in [1.29, 1.82) is 0 Å². The van der Waals surface area contributed by atoms with E-state index in [4.69, 9.17) is 5.73 Å². The third kappa shape index (κ3) is 3.03. The van der Waals surface area contributed by atoms with Gasteiger partial charge in [-0.25, -0.2) is 0 Å². The topological polar surface area (TPSA) is 46.3 Å². The van der Waals surface area contributed by atoms with E-state index in [1.54, 1.807) is 0 Å². The molecule has 1 aliphatic heterocycles. The Kier molecular flexibility index (Phi) is 4.69. The maximum Gasteiger partial charge on any atom is 0.223 e. The molecule has 0 bridgehead atoms. The second-order valence-electron chi connectivity index (χ2n) is 5.22. The molecule has 1 fully saturated rings. The highest BCUT2D eigenvalue weighted by atomic mass is 79.9. The van der Waals surface area contributed by atoms with Gasteiger partial charge in [0.15, 0.2) is 0 Å². The summed E-state index contributed by atoms with van der Waals surface area (Å²) in [5.74, 6) is 0.195. The number of hydrogen-bond acceptors (Lipinski definition) is 2. The number of hydrogen-bond donors (Lipinski definition) is 1. The molecule has 0 saturated carbocycles. The van der Waals surface area contributed by atoms with E-state index in [9.17, 15) is 4.79 Å². The molecule has 104 valence electrons. The summed E-state index contributed by atoms with van der Waals surface area (Å²) in [6, 6.07) is 6.18. The van der Waals surface area contributed by atoms with Crippen molar-refractivity contribution in [2.45, 2.75) is 44.8 Å². The number of nitrogens with zero attached hydrogens (tertiary/aromatic N) is 1. The molecule has 2 unspecified atom stereocenters. The lowest BCUT2D eigenvalue weighted by atomic mass is 9.89. The van der Waals surface area contributed by atoms with Gasteiger partial charge in [0.2, 0.25) is 5.91 Å². The quantitative estimate of drug-likeness (QED) is 0.839. The summed E-state index contributed by atoms with van der Waals surface area (Å²) >= 11 is 6.98. The van der Waals surface area contributed by atoms with Crippen LogP contribution in [0.2, 0.25) is 0 Å². The van der Waals surface area contributed by atoms with Gasteiger partial charge in [-0.3, -0.25) is 4.79 Å². The van der Waals surface area contributed by atoms with Crippen LogP contribution in [-0.4, -0.2) is 22.9 Å². The SMILES string of the molecule is CC(C)N1C(=O)CCC(N)C1c1ccc(Br)c(Br)c1. The first-order valence-corrected chi connectivity index (χ1v) is 8.02. The van der Waals surface area contributed by atoms with Gasteiger partial charge in [0, 0.05) is 27.4 Å². The predicted molar refractivity (Wildman–Crippen MR) is 83.8 cm³/mol. The minimum absolute atomic E-state index is 0.00632. The third-order valence-electron chi connectivity index (χ3n) is 3.53. The van der Waals surface area contributed by atoms with Crippen LogP contribution in [0.4, 0.5) is 0 Å². The van der Waals surface area contributed by atoms with Crippen molar-refractivity contribution in [3.05, 3.63) is 32.7 Å². The Hall–Kier alpha value is -0.390. The Morgan fingerprint density at radius 1 is 1.32 bits per heavy atom. The van der Waals surface area contributed by atoms with E-state index in [0.29, 0.717) is 6.42 Å². The average molecular weight is 390 g/mol. The molecule has 2 rings (SSSR count). The molecule has 1 aliphatic rings. The summed E-state index contributed by atoms with van der Waals surface area (Å²) in [6.07, 6.45) is 1.30. The van der Waals surface area contributed by atoms with Gasteiger partial charge in [0.1, 0.15) is 0 Å². The number of carbonyl (C=O) groups excluding carboxylic acids is 1. The van der Waals surface area contributed by atoms with E-state index < -0.39 is 0 Å². The number of benzene rings is 1. The minimum Gasteiger partial charge on any atom is -0.332 e. The summed E-state index contributed by atoms with van der Waals surface area (Å²) in [5.41, 5.74) is 7.36. The van der Waals surface area contributed by atoms with Crippen LogP contribution in [0.1, 0.15) is 38.3 Å². The van der Waals surface area contributed by atoms with E-state index in [1.807, 2.05) is 36.9 Å². The minimum atomic E-state index is -0.0364. The fourth-order valence-corrected chi connectivity index (χ4v) is 3.29. The van der Waals surface area contributed by atoms with Crippen LogP contribution in [0.5, 0.6) is 0 Å². The van der Waals surface area contributed by atoms with Gasteiger partial charge < -0.3 is 10.6 Å². The number of nitrogens with two attached hydrogens (primary N) is 1. The molecule has 0 aliphatic carbocycles. The maximum absolute atomic E-state index is 12.2. The lowest BCUT2D eigenvalue weighted by Gasteiger charge is -2.42. The first-order valence-electron chi connectivity index (χ1n) is 6.43. The van der Waals surface area contributed by atoms with Gasteiger partial charge in [-0.2, -0.15) is 0 Å². The molecule has 1 saturated heterocycles. The monoisotopic (exact) mass is 388 g/mol. The molecule has 1 heterocycles. The molecule has 0 radical (unpaired) electrons. The van der Waals surface area contributed by atoms with Crippen molar-refractivity contribution < 1.29 is 4.79 Å². The zero-order chi connectivity index (χ0) is 14.2. The fourth-order valence-electron chi connectivity index (χ4n) is 2.65. The Morgan fingerprint density at radius 3 is 2.58 bits per heavy atom. The molecule has 1 aromatic rings. The van der Waals surface area contributed by atoms with Gasteiger partial charge >= 0.3 is 0 Å². The Morgan fingerprint density at radius 2 is 2.00 bits per heavy atom. The average Bonchev–Trinajstić information content (AvgIpc) is 2.35. The van der Waals surface area contributed by atoms with Gasteiger partial charge in [-0.1, -0.05) is 6.07 Å². The van der Waals surface area contributed by atoms with E-state index >= 15 is 0 Å². The molecule has 0 aromatic heterocycles. The Labute approximate surface area is 130 Å². The van der Waals surface area contributed by atoms with Crippen LogP contribution in [-0.2, 0) is 4.79 Å². The number of amides is 1. The largest absolute Gasteiger partial charge is 0.332 e. The highest BCUT2D eigenvalue weighted by Gasteiger charge is 2.36. The van der Waals surface area contributed by atoms with Gasteiger partial charge in [0.05, 0.1) is 6.04 Å². The van der Waals surface area contributed by atoms with Crippen LogP contribution in [0, 0.1) is 0 Å². The number of carbonyl (C=O) groups is 1. The van der Waals surface area contributed by atoms with E-state index in [0.717, 1.165) is 20.9 Å². The molecule has 3 nitrogen and oxygen atoms in total. The smallest absolute Gasteiger partial charge is 0.223 e. The summed E-state index contributed by atoms with van der Waals surface area (Å²) in [7, 11) is 0. The van der Waals surface area contributed by atoms with Crippen molar-refractivity contribution >= 4 is 37.8 Å². The van der Waals surface area contributed by atoms with Crippen LogP contribution >= 0.6 is 31.9 Å². The zero-order valence-corrected chi connectivity index (χ0v) is 14.2. The summed E-state index contributed by atoms with van der Waals surface area (Å²) < 4.78 is 1.99. The second-order valence-corrected chi connectivity index (χ2v) is 6.92. The molecule has 2 N–H and O–H groups in total. The van der Waals surface area contributed by atoms with E-state index in [1.165, 1.54) is 0 Å². The predicted octanol–water partition coefficient (Wildman–Crippen LogP) is 3.61. The first kappa shape index (κ1) is 15.0. The molecule has 2 atom stereocenters. The number of halogens is 2. The zero-order valence-electron chi connectivity index (χ0n) is 11.1. The number of rotatable bonds is 2. The highest BCUT2D eigenvalue weighted by Crippen LogP contribution is 2.35. The molecule has 5 heteroatoms. The van der Waals surface area contributed by atoms with Crippen molar-refractivity contribution in [3.63, 3.8) is 0 Å². The van der Waals surface area contributed by atoms with E-state index in [-0.39, 0.29) is 24.0 Å². The summed E-state index contributed by atoms with van der Waals surface area (Å²) in [5, 5.41) is 0. The maximum atomic E-state index is 12.2. The second kappa shape index (κ2) is 5.94. The molecule has 1 amide bonds. The number of likely N-dealkylation sites (tertiary alicyclic amines) is 1. The molecule has 0 spiro atoms. The van der Waals surface area contributed by atoms with Crippen molar-refractivity contribution in [2.75, 3.05) is 0 Å².